The van der Waals surface area contributed by atoms with E-state index in [4.69, 9.17) is 14.2 Å². The second-order valence-electron chi connectivity index (χ2n) is 5.62. The quantitative estimate of drug-likeness (QED) is 0.768. The lowest BCUT2D eigenvalue weighted by Crippen LogP contribution is -2.33. The number of allylic oxidation sites excluding steroid dienone is 1. The van der Waals surface area contributed by atoms with Crippen molar-refractivity contribution in [1.82, 2.24) is 0 Å². The lowest BCUT2D eigenvalue weighted by molar-refractivity contribution is -0.153. The maximum absolute atomic E-state index is 6.08. The van der Waals surface area contributed by atoms with Crippen LogP contribution in [0.3, 0.4) is 0 Å². The summed E-state index contributed by atoms with van der Waals surface area (Å²) in [5.41, 5.74) is 2.34. The molecule has 20 heavy (non-hydrogen) atoms. The second kappa shape index (κ2) is 6.53. The number of hydrogen-bond acceptors (Lipinski definition) is 3. The molecule has 0 radical (unpaired) electrons. The van der Waals surface area contributed by atoms with Gasteiger partial charge in [0.05, 0.1) is 13.2 Å². The Morgan fingerprint density at radius 1 is 1.40 bits per heavy atom. The molecule has 0 unspecified atom stereocenters. The maximum atomic E-state index is 6.08. The third-order valence-electron chi connectivity index (χ3n) is 3.54. The van der Waals surface area contributed by atoms with Gasteiger partial charge in [0.2, 0.25) is 0 Å². The molecule has 0 bridgehead atoms. The van der Waals surface area contributed by atoms with Crippen molar-refractivity contribution in [2.24, 2.45) is 0 Å². The summed E-state index contributed by atoms with van der Waals surface area (Å²) in [6.07, 6.45) is 1.96. The minimum atomic E-state index is -0.521. The zero-order valence-corrected chi connectivity index (χ0v) is 12.8. The zero-order valence-electron chi connectivity index (χ0n) is 12.8. The first kappa shape index (κ1) is 15.2. The predicted molar refractivity (Wildman–Crippen MR) is 79.4 cm³/mol. The Balaban J connectivity index is 2.02. The van der Waals surface area contributed by atoms with Crippen LogP contribution >= 0.6 is 0 Å². The molecule has 0 saturated carbocycles. The first-order chi connectivity index (χ1) is 9.52. The van der Waals surface area contributed by atoms with E-state index in [-0.39, 0.29) is 12.2 Å². The van der Waals surface area contributed by atoms with Gasteiger partial charge in [-0.25, -0.2) is 0 Å². The lowest BCUT2D eigenvalue weighted by atomic mass is 10.1. The van der Waals surface area contributed by atoms with Crippen molar-refractivity contribution < 1.29 is 14.2 Å². The van der Waals surface area contributed by atoms with Crippen molar-refractivity contribution >= 4 is 0 Å². The van der Waals surface area contributed by atoms with Crippen molar-refractivity contribution in [2.75, 3.05) is 6.61 Å². The molecule has 1 heterocycles. The molecule has 3 nitrogen and oxygen atoms in total. The van der Waals surface area contributed by atoms with Gasteiger partial charge < -0.3 is 14.2 Å². The van der Waals surface area contributed by atoms with Crippen LogP contribution in [0.25, 0.3) is 0 Å². The van der Waals surface area contributed by atoms with Crippen LogP contribution in [0.15, 0.2) is 42.0 Å². The van der Waals surface area contributed by atoms with E-state index >= 15 is 0 Å². The van der Waals surface area contributed by atoms with E-state index in [1.807, 2.05) is 39.0 Å². The number of ether oxygens (including phenoxy) is 3. The Kier molecular flexibility index (Phi) is 4.97. The van der Waals surface area contributed by atoms with E-state index in [1.54, 1.807) is 0 Å². The number of benzene rings is 1. The Morgan fingerprint density at radius 2 is 2.10 bits per heavy atom. The summed E-state index contributed by atoms with van der Waals surface area (Å²) in [6, 6.07) is 10.2. The molecule has 2 atom stereocenters. The van der Waals surface area contributed by atoms with Gasteiger partial charge in [0.15, 0.2) is 5.79 Å². The van der Waals surface area contributed by atoms with Gasteiger partial charge in [-0.15, -0.1) is 0 Å². The van der Waals surface area contributed by atoms with Crippen molar-refractivity contribution in [3.8, 4) is 0 Å². The number of rotatable bonds is 5. The SMILES string of the molecule is C/C=C(\C)[C@@H](OCc1ccccc1)[C@H]1COC(C)(C)O1. The molecule has 0 amide bonds. The highest BCUT2D eigenvalue weighted by atomic mass is 16.7. The molecule has 1 aromatic carbocycles. The molecule has 1 fully saturated rings. The third kappa shape index (κ3) is 3.92. The summed E-state index contributed by atoms with van der Waals surface area (Å²) < 4.78 is 17.7. The molecule has 3 heteroatoms. The van der Waals surface area contributed by atoms with Crippen LogP contribution in [-0.4, -0.2) is 24.6 Å². The highest BCUT2D eigenvalue weighted by Crippen LogP contribution is 2.28. The average Bonchev–Trinajstić information content (AvgIpc) is 2.80. The summed E-state index contributed by atoms with van der Waals surface area (Å²) in [5.74, 6) is -0.521. The Labute approximate surface area is 121 Å². The first-order valence-corrected chi connectivity index (χ1v) is 7.12. The minimum absolute atomic E-state index is 0.0510. The summed E-state index contributed by atoms with van der Waals surface area (Å²) in [5, 5.41) is 0. The zero-order chi connectivity index (χ0) is 14.6. The van der Waals surface area contributed by atoms with Crippen LogP contribution in [0.2, 0.25) is 0 Å². The topological polar surface area (TPSA) is 27.7 Å². The molecule has 0 aromatic heterocycles. The van der Waals surface area contributed by atoms with Gasteiger partial charge >= 0.3 is 0 Å². The van der Waals surface area contributed by atoms with E-state index in [9.17, 15) is 0 Å². The van der Waals surface area contributed by atoms with Gasteiger partial charge in [0.25, 0.3) is 0 Å². The van der Waals surface area contributed by atoms with E-state index in [2.05, 4.69) is 25.1 Å². The molecule has 1 aliphatic rings. The molecule has 0 spiro atoms. The minimum Gasteiger partial charge on any atom is -0.366 e. The fraction of sp³-hybridized carbons (Fsp3) is 0.529. The van der Waals surface area contributed by atoms with Gasteiger partial charge in [0, 0.05) is 0 Å². The van der Waals surface area contributed by atoms with Crippen LogP contribution in [0.1, 0.15) is 33.3 Å². The van der Waals surface area contributed by atoms with E-state index in [0.717, 1.165) is 0 Å². The Bertz CT molecular complexity index is 451. The largest absolute Gasteiger partial charge is 0.366 e. The van der Waals surface area contributed by atoms with E-state index < -0.39 is 5.79 Å². The molecule has 2 rings (SSSR count). The molecule has 1 saturated heterocycles. The normalized spacial score (nSPS) is 23.8. The van der Waals surface area contributed by atoms with Crippen LogP contribution in [0.5, 0.6) is 0 Å². The van der Waals surface area contributed by atoms with Gasteiger partial charge in [0.1, 0.15) is 12.2 Å². The summed E-state index contributed by atoms with van der Waals surface area (Å²) in [6.45, 7) is 9.12. The highest BCUT2D eigenvalue weighted by Gasteiger charge is 2.38. The van der Waals surface area contributed by atoms with E-state index in [1.165, 1.54) is 11.1 Å². The van der Waals surface area contributed by atoms with Crippen LogP contribution < -0.4 is 0 Å². The number of hydrogen-bond donors (Lipinski definition) is 0. The van der Waals surface area contributed by atoms with Gasteiger partial charge in [-0.1, -0.05) is 36.4 Å². The average molecular weight is 276 g/mol. The summed E-state index contributed by atoms with van der Waals surface area (Å²) in [4.78, 5) is 0. The Hall–Kier alpha value is -1.16. The Morgan fingerprint density at radius 3 is 2.65 bits per heavy atom. The monoisotopic (exact) mass is 276 g/mol. The molecule has 0 N–H and O–H groups in total. The smallest absolute Gasteiger partial charge is 0.163 e. The van der Waals surface area contributed by atoms with Gasteiger partial charge in [-0.05, 0) is 38.8 Å². The molecule has 1 aliphatic heterocycles. The molecule has 0 aliphatic carbocycles. The lowest BCUT2D eigenvalue weighted by Gasteiger charge is -2.25. The standard InChI is InChI=1S/C17H24O3/c1-5-13(2)16(15-12-19-17(3,4)20-15)18-11-14-9-7-6-8-10-14/h5-10,15-16H,11-12H2,1-4H3/b13-5+/t15-,16-/m1/s1. The molecule has 1 aromatic rings. The van der Waals surface area contributed by atoms with Gasteiger partial charge in [-0.2, -0.15) is 0 Å². The predicted octanol–water partition coefficient (Wildman–Crippen LogP) is 3.69. The van der Waals surface area contributed by atoms with Crippen molar-refractivity contribution in [2.45, 2.75) is 52.3 Å². The van der Waals surface area contributed by atoms with Crippen molar-refractivity contribution in [1.29, 1.82) is 0 Å². The fourth-order valence-corrected chi connectivity index (χ4v) is 2.32. The molecular weight excluding hydrogens is 252 g/mol. The van der Waals surface area contributed by atoms with Crippen LogP contribution in [0.4, 0.5) is 0 Å². The van der Waals surface area contributed by atoms with Crippen molar-refractivity contribution in [3.63, 3.8) is 0 Å². The molecular formula is C17H24O3. The highest BCUT2D eigenvalue weighted by molar-refractivity contribution is 5.14. The summed E-state index contributed by atoms with van der Waals surface area (Å²) in [7, 11) is 0. The molecule has 110 valence electrons. The first-order valence-electron chi connectivity index (χ1n) is 7.12. The van der Waals surface area contributed by atoms with Gasteiger partial charge in [-0.3, -0.25) is 0 Å². The third-order valence-corrected chi connectivity index (χ3v) is 3.54. The second-order valence-corrected chi connectivity index (χ2v) is 5.62. The maximum Gasteiger partial charge on any atom is 0.163 e. The van der Waals surface area contributed by atoms with E-state index in [0.29, 0.717) is 13.2 Å². The van der Waals surface area contributed by atoms with Crippen LogP contribution in [0, 0.1) is 0 Å². The van der Waals surface area contributed by atoms with Crippen LogP contribution in [-0.2, 0) is 20.8 Å². The fourth-order valence-electron chi connectivity index (χ4n) is 2.32. The van der Waals surface area contributed by atoms with Crippen molar-refractivity contribution in [3.05, 3.63) is 47.5 Å². The summed E-state index contributed by atoms with van der Waals surface area (Å²) >= 11 is 0.